The van der Waals surface area contributed by atoms with E-state index in [0.29, 0.717) is 10.7 Å². The fourth-order valence-corrected chi connectivity index (χ4v) is 2.78. The lowest BCUT2D eigenvalue weighted by Crippen LogP contribution is -2.47. The van der Waals surface area contributed by atoms with Gasteiger partial charge in [0.2, 0.25) is 0 Å². The molecule has 3 rings (SSSR count). The summed E-state index contributed by atoms with van der Waals surface area (Å²) < 4.78 is 13.2. The Balaban J connectivity index is 1.99. The van der Waals surface area contributed by atoms with Gasteiger partial charge in [0.25, 0.3) is 5.91 Å². The van der Waals surface area contributed by atoms with Crippen LogP contribution in [0.3, 0.4) is 0 Å². The van der Waals surface area contributed by atoms with Crippen molar-refractivity contribution in [3.63, 3.8) is 0 Å². The van der Waals surface area contributed by atoms with E-state index in [1.807, 2.05) is 14.0 Å². The maximum absolute atomic E-state index is 13.2. The van der Waals surface area contributed by atoms with E-state index in [2.05, 4.69) is 10.6 Å². The molecule has 1 aliphatic heterocycles. The zero-order valence-electron chi connectivity index (χ0n) is 12.5. The van der Waals surface area contributed by atoms with Crippen LogP contribution in [-0.4, -0.2) is 29.0 Å². The summed E-state index contributed by atoms with van der Waals surface area (Å²) in [5.41, 5.74) is 2.27. The van der Waals surface area contributed by atoms with Crippen molar-refractivity contribution in [1.29, 1.82) is 0 Å². The van der Waals surface area contributed by atoms with Crippen LogP contribution < -0.4 is 10.6 Å². The molecule has 0 spiro atoms. The van der Waals surface area contributed by atoms with Crippen molar-refractivity contribution in [3.8, 4) is 0 Å². The summed E-state index contributed by atoms with van der Waals surface area (Å²) in [6.45, 7) is 1.88. The van der Waals surface area contributed by atoms with Gasteiger partial charge < -0.3 is 15.5 Å². The number of nitrogens with zero attached hydrogens (tertiary/aromatic N) is 1. The average Bonchev–Trinajstić information content (AvgIpc) is 3.29. The number of benzene rings is 1. The number of hydrogen-bond donors (Lipinski definition) is 2. The zero-order valence-corrected chi connectivity index (χ0v) is 13.3. The van der Waals surface area contributed by atoms with E-state index in [1.165, 1.54) is 12.1 Å². The van der Waals surface area contributed by atoms with Crippen LogP contribution in [0.5, 0.6) is 0 Å². The quantitative estimate of drug-likeness (QED) is 0.839. The Morgan fingerprint density at radius 2 is 2.00 bits per heavy atom. The monoisotopic (exact) mass is 319 g/mol. The van der Waals surface area contributed by atoms with Gasteiger partial charge >= 0.3 is 0 Å². The summed E-state index contributed by atoms with van der Waals surface area (Å²) in [6.07, 6.45) is 2.06. The van der Waals surface area contributed by atoms with Crippen LogP contribution in [0, 0.1) is 5.82 Å². The molecule has 116 valence electrons. The summed E-state index contributed by atoms with van der Waals surface area (Å²) in [5, 5.41) is 6.74. The van der Waals surface area contributed by atoms with Gasteiger partial charge in [0, 0.05) is 18.8 Å². The predicted molar refractivity (Wildman–Crippen MR) is 86.5 cm³/mol. The number of nitrogens with one attached hydrogen (secondary N) is 2. The maximum atomic E-state index is 13.2. The molecule has 0 bridgehead atoms. The van der Waals surface area contributed by atoms with Crippen molar-refractivity contribution in [2.45, 2.75) is 31.8 Å². The molecule has 4 nitrogen and oxygen atoms in total. The van der Waals surface area contributed by atoms with Crippen molar-refractivity contribution < 1.29 is 9.18 Å². The minimum atomic E-state index is -0.358. The van der Waals surface area contributed by atoms with Crippen LogP contribution >= 0.6 is 12.2 Å². The maximum Gasteiger partial charge on any atom is 0.251 e. The lowest BCUT2D eigenvalue weighted by Gasteiger charge is -2.35. The predicted octanol–water partition coefficient (Wildman–Crippen LogP) is 2.24. The molecule has 0 aromatic heterocycles. The minimum absolute atomic E-state index is 0.0869. The van der Waals surface area contributed by atoms with Gasteiger partial charge in [0.1, 0.15) is 5.82 Å². The first kappa shape index (κ1) is 15.0. The van der Waals surface area contributed by atoms with E-state index in [0.717, 1.165) is 24.1 Å². The smallest absolute Gasteiger partial charge is 0.251 e. The van der Waals surface area contributed by atoms with Crippen molar-refractivity contribution >= 4 is 23.2 Å². The normalized spacial score (nSPS) is 21.7. The number of halogens is 1. The second-order valence-corrected chi connectivity index (χ2v) is 6.13. The van der Waals surface area contributed by atoms with E-state index in [9.17, 15) is 9.18 Å². The third-order valence-corrected chi connectivity index (χ3v) is 4.51. The van der Waals surface area contributed by atoms with Crippen molar-refractivity contribution in [1.82, 2.24) is 15.5 Å². The Morgan fingerprint density at radius 3 is 2.59 bits per heavy atom. The van der Waals surface area contributed by atoms with Crippen LogP contribution in [-0.2, 0) is 4.79 Å². The van der Waals surface area contributed by atoms with Gasteiger partial charge in [-0.05, 0) is 49.7 Å². The van der Waals surface area contributed by atoms with Gasteiger partial charge in [-0.2, -0.15) is 0 Å². The topological polar surface area (TPSA) is 44.4 Å². The summed E-state index contributed by atoms with van der Waals surface area (Å²) >= 11 is 5.32. The van der Waals surface area contributed by atoms with Gasteiger partial charge in [0.15, 0.2) is 5.11 Å². The molecule has 0 unspecified atom stereocenters. The molecule has 2 N–H and O–H groups in total. The lowest BCUT2D eigenvalue weighted by atomic mass is 9.94. The third kappa shape index (κ3) is 2.83. The van der Waals surface area contributed by atoms with Crippen LogP contribution in [0.2, 0.25) is 0 Å². The second-order valence-electron chi connectivity index (χ2n) is 5.74. The molecule has 1 heterocycles. The molecule has 2 aliphatic rings. The van der Waals surface area contributed by atoms with Crippen molar-refractivity contribution in [3.05, 3.63) is 46.9 Å². The summed E-state index contributed by atoms with van der Waals surface area (Å²) in [7, 11) is 1.83. The largest absolute Gasteiger partial charge is 0.351 e. The Labute approximate surface area is 134 Å². The van der Waals surface area contributed by atoms with Gasteiger partial charge in [-0.25, -0.2) is 4.39 Å². The Morgan fingerprint density at radius 1 is 1.36 bits per heavy atom. The van der Waals surface area contributed by atoms with E-state index in [-0.39, 0.29) is 23.8 Å². The van der Waals surface area contributed by atoms with E-state index in [4.69, 9.17) is 12.2 Å². The van der Waals surface area contributed by atoms with Crippen LogP contribution in [0.25, 0.3) is 0 Å². The number of hydrogen-bond acceptors (Lipinski definition) is 2. The highest BCUT2D eigenvalue weighted by atomic mass is 32.1. The molecule has 1 aromatic rings. The van der Waals surface area contributed by atoms with E-state index < -0.39 is 0 Å². The number of rotatable bonds is 3. The molecular formula is C16H18FN3OS. The number of amides is 1. The fraction of sp³-hybridized carbons (Fsp3) is 0.375. The molecule has 1 atom stereocenters. The highest BCUT2D eigenvalue weighted by Crippen LogP contribution is 2.31. The van der Waals surface area contributed by atoms with Crippen molar-refractivity contribution in [2.75, 3.05) is 7.05 Å². The first-order chi connectivity index (χ1) is 10.5. The molecule has 1 fully saturated rings. The van der Waals surface area contributed by atoms with Crippen LogP contribution in [0.15, 0.2) is 35.5 Å². The van der Waals surface area contributed by atoms with E-state index >= 15 is 0 Å². The molecule has 6 heteroatoms. The summed E-state index contributed by atoms with van der Waals surface area (Å²) in [6, 6.07) is 6.06. The highest BCUT2D eigenvalue weighted by molar-refractivity contribution is 7.80. The molecule has 1 aromatic carbocycles. The van der Waals surface area contributed by atoms with E-state index in [1.54, 1.807) is 17.0 Å². The van der Waals surface area contributed by atoms with Gasteiger partial charge in [-0.1, -0.05) is 12.1 Å². The molecule has 0 radical (unpaired) electrons. The Bertz CT molecular complexity index is 652. The highest BCUT2D eigenvalue weighted by Gasteiger charge is 2.34. The molecule has 1 saturated carbocycles. The van der Waals surface area contributed by atoms with Gasteiger partial charge in [-0.15, -0.1) is 0 Å². The van der Waals surface area contributed by atoms with Crippen LogP contribution in [0.4, 0.5) is 4.39 Å². The standard InChI is InChI=1S/C16H18FN3OS/c1-9-13(15(21)18-12-7-8-12)14(19-16(22)20(9)2)10-3-5-11(17)6-4-10/h3-6,12,14H,7-8H2,1-2H3,(H,18,21)(H,19,22)/t14-/m0/s1. The molecule has 1 amide bonds. The fourth-order valence-electron chi connectivity index (χ4n) is 2.53. The minimum Gasteiger partial charge on any atom is -0.351 e. The van der Waals surface area contributed by atoms with Crippen LogP contribution in [0.1, 0.15) is 31.4 Å². The lowest BCUT2D eigenvalue weighted by molar-refractivity contribution is -0.118. The summed E-state index contributed by atoms with van der Waals surface area (Å²) in [4.78, 5) is 14.4. The van der Waals surface area contributed by atoms with Crippen molar-refractivity contribution in [2.24, 2.45) is 0 Å². The molecule has 22 heavy (non-hydrogen) atoms. The third-order valence-electron chi connectivity index (χ3n) is 4.11. The molecular weight excluding hydrogens is 301 g/mol. The average molecular weight is 319 g/mol. The Hall–Kier alpha value is -1.95. The molecule has 1 aliphatic carbocycles. The SMILES string of the molecule is CC1=C(C(=O)NC2CC2)[C@H](c2ccc(F)cc2)NC(=S)N1C. The summed E-state index contributed by atoms with van der Waals surface area (Å²) in [5.74, 6) is -0.389. The number of carbonyl (C=O) groups excluding carboxylic acids is 1. The number of thiocarbonyl (C=S) groups is 1. The molecule has 0 saturated heterocycles. The first-order valence-corrected chi connectivity index (χ1v) is 7.69. The number of allylic oxidation sites excluding steroid dienone is 1. The Kier molecular flexibility index (Phi) is 3.87. The van der Waals surface area contributed by atoms with Gasteiger partial charge in [-0.3, -0.25) is 4.79 Å². The second kappa shape index (κ2) is 5.68. The van der Waals surface area contributed by atoms with Gasteiger partial charge in [0.05, 0.1) is 11.6 Å². The first-order valence-electron chi connectivity index (χ1n) is 7.28. The zero-order chi connectivity index (χ0) is 15.9. The number of carbonyl (C=O) groups is 1.